The van der Waals surface area contributed by atoms with Gasteiger partial charge in [0.25, 0.3) is 0 Å². The Labute approximate surface area is 443 Å². The van der Waals surface area contributed by atoms with Crippen molar-refractivity contribution in [3.63, 3.8) is 0 Å². The van der Waals surface area contributed by atoms with Crippen LogP contribution in [0.2, 0.25) is 0 Å². The number of unbranched alkanes of at least 4 members (excludes halogenated alkanes) is 5. The molecule has 0 bridgehead atoms. The summed E-state index contributed by atoms with van der Waals surface area (Å²) in [6.45, 7) is 3.37. The van der Waals surface area contributed by atoms with Crippen LogP contribution in [-0.4, -0.2) is 49.3 Å². The van der Waals surface area contributed by atoms with Gasteiger partial charge < -0.3 is 20.1 Å². The van der Waals surface area contributed by atoms with E-state index < -0.39 is 32.5 Å². The fraction of sp³-hybridized carbons (Fsp3) is 0.492. The topological polar surface area (TPSA) is 134 Å². The molecule has 0 rings (SSSR count). The Kier molecular flexibility index (Phi) is 52.6. The van der Waals surface area contributed by atoms with E-state index in [-0.39, 0.29) is 32.6 Å². The molecule has 0 amide bonds. The SMILES string of the molecule is CC/C=C\C/C=C\C/C=C\C/C=C\C/C=C\C/C=C\C/C=C\C/C=C\CCCCCCC(=O)OC(COC(=O)CCC/C=C\C/C=C\C/C=C\C/C=C\C/C=C\C/C=C\C/C=C\CC)COP(=O)(O)OCCN. The number of rotatable bonds is 48. The number of esters is 2. The molecule has 10 heteroatoms. The summed E-state index contributed by atoms with van der Waals surface area (Å²) in [6.07, 6.45) is 85.1. The van der Waals surface area contributed by atoms with E-state index in [9.17, 15) is 19.0 Å². The Hall–Kier alpha value is -4.89. The maximum absolute atomic E-state index is 12.7. The highest BCUT2D eigenvalue weighted by Crippen LogP contribution is 2.43. The molecule has 0 radical (unpaired) electrons. The van der Waals surface area contributed by atoms with E-state index in [1.54, 1.807) is 0 Å². The van der Waals surface area contributed by atoms with Crippen LogP contribution in [-0.2, 0) is 32.7 Å². The number of allylic oxidation sites excluding steroid dienone is 30. The predicted molar refractivity (Wildman–Crippen MR) is 311 cm³/mol. The number of carbonyl (C=O) groups is 2. The van der Waals surface area contributed by atoms with Gasteiger partial charge in [-0.1, -0.05) is 209 Å². The van der Waals surface area contributed by atoms with Crippen molar-refractivity contribution in [2.24, 2.45) is 5.73 Å². The third-order valence-corrected chi connectivity index (χ3v) is 11.3. The average molecular weight is 1030 g/mol. The molecule has 2 unspecified atom stereocenters. The largest absolute Gasteiger partial charge is 0.472 e. The fourth-order valence-corrected chi connectivity index (χ4v) is 7.11. The number of nitrogens with two attached hydrogens (primary N) is 1. The first-order chi connectivity index (χ1) is 35.8. The summed E-state index contributed by atoms with van der Waals surface area (Å²) in [4.78, 5) is 35.1. The van der Waals surface area contributed by atoms with E-state index in [0.717, 1.165) is 122 Å². The summed E-state index contributed by atoms with van der Waals surface area (Å²) in [5, 5.41) is 0. The van der Waals surface area contributed by atoms with E-state index >= 15 is 0 Å². The summed E-state index contributed by atoms with van der Waals surface area (Å²) < 4.78 is 32.9. The molecule has 0 aromatic carbocycles. The Morgan fingerprint density at radius 3 is 1.08 bits per heavy atom. The fourth-order valence-electron chi connectivity index (χ4n) is 6.34. The molecule has 0 heterocycles. The lowest BCUT2D eigenvalue weighted by Crippen LogP contribution is -2.29. The molecular weight excluding hydrogens is 930 g/mol. The number of hydrogen-bond donors (Lipinski definition) is 2. The minimum Gasteiger partial charge on any atom is -0.462 e. The number of carbonyl (C=O) groups excluding carboxylic acids is 2. The molecule has 0 fully saturated rings. The van der Waals surface area contributed by atoms with Crippen LogP contribution in [0.5, 0.6) is 0 Å². The highest BCUT2D eigenvalue weighted by Gasteiger charge is 2.26. The summed E-state index contributed by atoms with van der Waals surface area (Å²) in [5.74, 6) is -0.947. The van der Waals surface area contributed by atoms with Crippen LogP contribution in [0.15, 0.2) is 182 Å². The van der Waals surface area contributed by atoms with Gasteiger partial charge in [0, 0.05) is 19.4 Å². The van der Waals surface area contributed by atoms with Gasteiger partial charge in [0.2, 0.25) is 0 Å². The lowest BCUT2D eigenvalue weighted by molar-refractivity contribution is -0.161. The normalized spacial score (nSPS) is 14.5. The molecule has 0 aromatic heterocycles. The Morgan fingerprint density at radius 2 is 0.726 bits per heavy atom. The molecule has 73 heavy (non-hydrogen) atoms. The van der Waals surface area contributed by atoms with Crippen molar-refractivity contribution >= 4 is 19.8 Å². The van der Waals surface area contributed by atoms with Gasteiger partial charge in [-0.3, -0.25) is 18.6 Å². The van der Waals surface area contributed by atoms with Gasteiger partial charge in [0.15, 0.2) is 6.10 Å². The maximum atomic E-state index is 12.7. The molecular formula is C63H96NO8P. The van der Waals surface area contributed by atoms with Crippen molar-refractivity contribution in [2.45, 2.75) is 174 Å². The van der Waals surface area contributed by atoms with Crippen LogP contribution < -0.4 is 5.73 Å². The summed E-state index contributed by atoms with van der Waals surface area (Å²) in [7, 11) is -4.42. The van der Waals surface area contributed by atoms with Gasteiger partial charge in [-0.15, -0.1) is 0 Å². The monoisotopic (exact) mass is 1030 g/mol. The summed E-state index contributed by atoms with van der Waals surface area (Å²) in [5.41, 5.74) is 5.37. The van der Waals surface area contributed by atoms with Crippen molar-refractivity contribution in [3.8, 4) is 0 Å². The van der Waals surface area contributed by atoms with E-state index in [4.69, 9.17) is 24.3 Å². The summed E-state index contributed by atoms with van der Waals surface area (Å²) in [6, 6.07) is 0. The molecule has 0 saturated carbocycles. The first kappa shape index (κ1) is 68.1. The standard InChI is InChI=1S/C63H96NO8P/c1-3-5-7-9-11-13-15-17-19-21-23-25-27-28-29-30-31-32-34-36-38-40-42-44-46-48-50-52-54-56-63(66)72-61(60-71-73(67,68)70-58-57-64)59-69-62(65)55-53-51-49-47-45-43-41-39-37-35-33-26-24-22-20-18-16-14-12-10-8-6-4-2/h5-8,11-14,17-20,23-26,28-29,31-32,35-38,41-44,47,49,61H,3-4,9-10,15-16,21-22,27,30,33-34,39-40,45-46,48,50-60,64H2,1-2H3,(H,67,68)/b7-5-,8-6-,13-11-,14-12-,19-17-,20-18-,25-23-,26-24-,29-28-,32-31-,37-35-,38-36-,43-41-,44-42-,49-47-. The molecule has 0 spiro atoms. The van der Waals surface area contributed by atoms with Crippen molar-refractivity contribution in [1.29, 1.82) is 0 Å². The van der Waals surface area contributed by atoms with Crippen LogP contribution in [0.1, 0.15) is 168 Å². The lowest BCUT2D eigenvalue weighted by atomic mass is 10.1. The second-order valence-electron chi connectivity index (χ2n) is 17.0. The van der Waals surface area contributed by atoms with Crippen molar-refractivity contribution < 1.29 is 37.6 Å². The van der Waals surface area contributed by atoms with Gasteiger partial charge in [0.1, 0.15) is 6.61 Å². The second kappa shape index (κ2) is 56.4. The van der Waals surface area contributed by atoms with Gasteiger partial charge in [0.05, 0.1) is 13.2 Å². The molecule has 2 atom stereocenters. The molecule has 0 aliphatic heterocycles. The zero-order valence-corrected chi connectivity index (χ0v) is 45.9. The van der Waals surface area contributed by atoms with Crippen LogP contribution in [0.3, 0.4) is 0 Å². The summed E-state index contributed by atoms with van der Waals surface area (Å²) >= 11 is 0. The second-order valence-corrected chi connectivity index (χ2v) is 18.4. The van der Waals surface area contributed by atoms with E-state index in [2.05, 4.69) is 190 Å². The smallest absolute Gasteiger partial charge is 0.462 e. The predicted octanol–water partition coefficient (Wildman–Crippen LogP) is 17.3. The van der Waals surface area contributed by atoms with Gasteiger partial charge in [-0.2, -0.15) is 0 Å². The number of hydrogen-bond acceptors (Lipinski definition) is 8. The first-order valence-electron chi connectivity index (χ1n) is 27.3. The zero-order valence-electron chi connectivity index (χ0n) is 45.0. The quantitative estimate of drug-likeness (QED) is 0.0264. The minimum absolute atomic E-state index is 0.0293. The maximum Gasteiger partial charge on any atom is 0.472 e. The molecule has 0 aromatic rings. The van der Waals surface area contributed by atoms with Crippen LogP contribution >= 0.6 is 7.82 Å². The molecule has 0 saturated heterocycles. The number of phosphoric ester groups is 1. The van der Waals surface area contributed by atoms with Crippen LogP contribution in [0.4, 0.5) is 0 Å². The molecule has 406 valence electrons. The Balaban J connectivity index is 4.25. The highest BCUT2D eigenvalue weighted by molar-refractivity contribution is 7.47. The van der Waals surface area contributed by atoms with E-state index in [1.165, 1.54) is 0 Å². The molecule has 0 aliphatic carbocycles. The van der Waals surface area contributed by atoms with Gasteiger partial charge in [-0.25, -0.2) is 4.57 Å². The number of phosphoric acid groups is 1. The molecule has 9 nitrogen and oxygen atoms in total. The van der Waals surface area contributed by atoms with E-state index in [0.29, 0.717) is 19.3 Å². The van der Waals surface area contributed by atoms with Gasteiger partial charge in [-0.05, 0) is 128 Å². The Bertz CT molecular complexity index is 1840. The van der Waals surface area contributed by atoms with E-state index in [1.807, 2.05) is 6.08 Å². The zero-order chi connectivity index (χ0) is 53.1. The van der Waals surface area contributed by atoms with Crippen LogP contribution in [0.25, 0.3) is 0 Å². The first-order valence-corrected chi connectivity index (χ1v) is 28.8. The third kappa shape index (κ3) is 56.3. The third-order valence-electron chi connectivity index (χ3n) is 10.3. The molecule has 0 aliphatic rings. The minimum atomic E-state index is -4.42. The lowest BCUT2D eigenvalue weighted by Gasteiger charge is -2.19. The highest BCUT2D eigenvalue weighted by atomic mass is 31.2. The average Bonchev–Trinajstić information content (AvgIpc) is 3.38. The van der Waals surface area contributed by atoms with Crippen molar-refractivity contribution in [3.05, 3.63) is 182 Å². The van der Waals surface area contributed by atoms with Crippen molar-refractivity contribution in [1.82, 2.24) is 0 Å². The Morgan fingerprint density at radius 1 is 0.411 bits per heavy atom. The number of ether oxygens (including phenoxy) is 2. The van der Waals surface area contributed by atoms with Crippen molar-refractivity contribution in [2.75, 3.05) is 26.4 Å². The van der Waals surface area contributed by atoms with Gasteiger partial charge >= 0.3 is 19.8 Å². The van der Waals surface area contributed by atoms with Crippen LogP contribution in [0, 0.1) is 0 Å². The molecule has 3 N–H and O–H groups in total.